The quantitative estimate of drug-likeness (QED) is 0.412. The van der Waals surface area contributed by atoms with Gasteiger partial charge < -0.3 is 20.1 Å². The fraction of sp³-hybridized carbons (Fsp3) is 0.706. The van der Waals surface area contributed by atoms with E-state index in [-0.39, 0.29) is 0 Å². The second kappa shape index (κ2) is 11.4. The van der Waals surface area contributed by atoms with E-state index in [1.165, 1.54) is 4.88 Å². The summed E-state index contributed by atoms with van der Waals surface area (Å²) in [5.74, 6) is 0.898. The van der Waals surface area contributed by atoms with Crippen molar-refractivity contribution in [3.63, 3.8) is 0 Å². The van der Waals surface area contributed by atoms with Gasteiger partial charge in [-0.3, -0.25) is 4.99 Å². The minimum absolute atomic E-state index is 0.380. The summed E-state index contributed by atoms with van der Waals surface area (Å²) < 4.78 is 11.2. The monoisotopic (exact) mass is 339 g/mol. The number of ether oxygens (including phenoxy) is 2. The van der Waals surface area contributed by atoms with Gasteiger partial charge in [0.05, 0.1) is 6.10 Å². The summed E-state index contributed by atoms with van der Waals surface area (Å²) in [6.45, 7) is 7.11. The summed E-state index contributed by atoms with van der Waals surface area (Å²) in [6.07, 6.45) is 4.42. The maximum absolute atomic E-state index is 5.87. The van der Waals surface area contributed by atoms with E-state index < -0.39 is 0 Å². The molecule has 6 heteroatoms. The number of thiophene rings is 1. The molecule has 2 heterocycles. The van der Waals surface area contributed by atoms with Crippen molar-refractivity contribution >= 4 is 17.3 Å². The summed E-state index contributed by atoms with van der Waals surface area (Å²) in [4.78, 5) is 6.01. The van der Waals surface area contributed by atoms with Crippen LogP contribution >= 0.6 is 11.3 Å². The van der Waals surface area contributed by atoms with Gasteiger partial charge in [-0.25, -0.2) is 0 Å². The predicted octanol–water partition coefficient (Wildman–Crippen LogP) is 2.43. The standard InChI is InChI=1S/C17H29N3O2S/c1-2-18-17(20-10-6-16-5-3-14-23-16)19-9-4-11-22-15-7-12-21-13-8-15/h3,5,14-15H,2,4,6-13H2,1H3,(H2,18,19,20). The van der Waals surface area contributed by atoms with Crippen molar-refractivity contribution < 1.29 is 9.47 Å². The van der Waals surface area contributed by atoms with E-state index in [0.717, 1.165) is 71.1 Å². The Hall–Kier alpha value is -1.11. The molecule has 5 nitrogen and oxygen atoms in total. The number of guanidine groups is 1. The van der Waals surface area contributed by atoms with Crippen LogP contribution in [0.3, 0.4) is 0 Å². The molecule has 23 heavy (non-hydrogen) atoms. The highest BCUT2D eigenvalue weighted by Gasteiger charge is 2.13. The highest BCUT2D eigenvalue weighted by atomic mass is 32.1. The number of hydrogen-bond donors (Lipinski definition) is 2. The molecule has 2 N–H and O–H groups in total. The van der Waals surface area contributed by atoms with Crippen LogP contribution in [0.15, 0.2) is 22.5 Å². The van der Waals surface area contributed by atoms with Gasteiger partial charge in [0.15, 0.2) is 5.96 Å². The second-order valence-corrected chi connectivity index (χ2v) is 6.59. The van der Waals surface area contributed by atoms with Crippen molar-refractivity contribution in [3.05, 3.63) is 22.4 Å². The largest absolute Gasteiger partial charge is 0.381 e. The lowest BCUT2D eigenvalue weighted by Gasteiger charge is -2.22. The highest BCUT2D eigenvalue weighted by Crippen LogP contribution is 2.10. The zero-order chi connectivity index (χ0) is 16.2. The Morgan fingerprint density at radius 2 is 2.26 bits per heavy atom. The molecule has 0 atom stereocenters. The van der Waals surface area contributed by atoms with Crippen molar-refractivity contribution in [2.75, 3.05) is 39.5 Å². The van der Waals surface area contributed by atoms with E-state index in [2.05, 4.69) is 40.1 Å². The zero-order valence-corrected chi connectivity index (χ0v) is 14.9. The van der Waals surface area contributed by atoms with E-state index in [1.807, 2.05) is 0 Å². The van der Waals surface area contributed by atoms with Crippen LogP contribution in [-0.4, -0.2) is 51.5 Å². The average molecular weight is 340 g/mol. The molecule has 2 rings (SSSR count). The topological polar surface area (TPSA) is 54.9 Å². The Bertz CT molecular complexity index is 431. The van der Waals surface area contributed by atoms with Crippen LogP contribution in [-0.2, 0) is 15.9 Å². The molecule has 0 bridgehead atoms. The third kappa shape index (κ3) is 7.81. The van der Waals surface area contributed by atoms with Crippen LogP contribution in [0, 0.1) is 0 Å². The Morgan fingerprint density at radius 3 is 3.00 bits per heavy atom. The third-order valence-electron chi connectivity index (χ3n) is 3.68. The summed E-state index contributed by atoms with van der Waals surface area (Å²) in [6, 6.07) is 4.27. The molecule has 1 aliphatic heterocycles. The number of aliphatic imine (C=N–C) groups is 1. The van der Waals surface area contributed by atoms with Crippen LogP contribution in [0.5, 0.6) is 0 Å². The van der Waals surface area contributed by atoms with Gasteiger partial charge in [-0.05, 0) is 44.1 Å². The van der Waals surface area contributed by atoms with Crippen molar-refractivity contribution in [2.45, 2.75) is 38.7 Å². The van der Waals surface area contributed by atoms with E-state index in [9.17, 15) is 0 Å². The lowest BCUT2D eigenvalue weighted by atomic mass is 10.1. The zero-order valence-electron chi connectivity index (χ0n) is 14.1. The molecule has 1 fully saturated rings. The first-order chi connectivity index (χ1) is 11.4. The molecule has 0 aliphatic carbocycles. The summed E-state index contributed by atoms with van der Waals surface area (Å²) in [5.41, 5.74) is 0. The van der Waals surface area contributed by atoms with Crippen LogP contribution in [0.25, 0.3) is 0 Å². The SMILES string of the molecule is CCNC(=NCCCOC1CCOCC1)NCCc1cccs1. The molecular formula is C17H29N3O2S. The Kier molecular flexibility index (Phi) is 9.06. The lowest BCUT2D eigenvalue weighted by molar-refractivity contribution is -0.0318. The molecule has 1 aromatic heterocycles. The first-order valence-electron chi connectivity index (χ1n) is 8.62. The maximum Gasteiger partial charge on any atom is 0.191 e. The van der Waals surface area contributed by atoms with Crippen LogP contribution < -0.4 is 10.6 Å². The van der Waals surface area contributed by atoms with Crippen LogP contribution in [0.1, 0.15) is 31.1 Å². The van der Waals surface area contributed by atoms with Gasteiger partial charge in [0.1, 0.15) is 0 Å². The molecule has 1 aromatic rings. The fourth-order valence-corrected chi connectivity index (χ4v) is 3.16. The normalized spacial score (nSPS) is 16.5. The number of nitrogens with zero attached hydrogens (tertiary/aromatic N) is 1. The van der Waals surface area contributed by atoms with Gasteiger partial charge in [-0.15, -0.1) is 11.3 Å². The van der Waals surface area contributed by atoms with Gasteiger partial charge in [-0.1, -0.05) is 6.07 Å². The fourth-order valence-electron chi connectivity index (χ4n) is 2.45. The van der Waals surface area contributed by atoms with E-state index in [0.29, 0.717) is 6.10 Å². The maximum atomic E-state index is 5.87. The van der Waals surface area contributed by atoms with Gasteiger partial charge in [0.2, 0.25) is 0 Å². The smallest absolute Gasteiger partial charge is 0.191 e. The Morgan fingerprint density at radius 1 is 1.39 bits per heavy atom. The van der Waals surface area contributed by atoms with Crippen molar-refractivity contribution in [3.8, 4) is 0 Å². The van der Waals surface area contributed by atoms with Gasteiger partial charge >= 0.3 is 0 Å². The molecule has 0 unspecified atom stereocenters. The first-order valence-corrected chi connectivity index (χ1v) is 9.50. The summed E-state index contributed by atoms with van der Waals surface area (Å²) >= 11 is 1.80. The second-order valence-electron chi connectivity index (χ2n) is 5.55. The summed E-state index contributed by atoms with van der Waals surface area (Å²) in [5, 5.41) is 8.79. The highest BCUT2D eigenvalue weighted by molar-refractivity contribution is 7.09. The van der Waals surface area contributed by atoms with Crippen LogP contribution in [0.4, 0.5) is 0 Å². The molecular weight excluding hydrogens is 310 g/mol. The molecule has 1 aliphatic rings. The molecule has 0 spiro atoms. The molecule has 0 aromatic carbocycles. The van der Waals surface area contributed by atoms with Crippen molar-refractivity contribution in [1.29, 1.82) is 0 Å². The van der Waals surface area contributed by atoms with Gasteiger partial charge in [0, 0.05) is 44.3 Å². The van der Waals surface area contributed by atoms with Gasteiger partial charge in [-0.2, -0.15) is 0 Å². The van der Waals surface area contributed by atoms with Gasteiger partial charge in [0.25, 0.3) is 0 Å². The van der Waals surface area contributed by atoms with E-state index in [1.54, 1.807) is 11.3 Å². The first kappa shape index (κ1) is 18.2. The van der Waals surface area contributed by atoms with E-state index >= 15 is 0 Å². The average Bonchev–Trinajstić information content (AvgIpc) is 3.09. The van der Waals surface area contributed by atoms with E-state index in [4.69, 9.17) is 9.47 Å². The lowest BCUT2D eigenvalue weighted by Crippen LogP contribution is -2.38. The number of nitrogens with one attached hydrogen (secondary N) is 2. The van der Waals surface area contributed by atoms with Crippen molar-refractivity contribution in [1.82, 2.24) is 10.6 Å². The van der Waals surface area contributed by atoms with Crippen molar-refractivity contribution in [2.24, 2.45) is 4.99 Å². The number of rotatable bonds is 9. The Balaban J connectivity index is 1.58. The molecule has 0 radical (unpaired) electrons. The third-order valence-corrected chi connectivity index (χ3v) is 4.62. The molecule has 1 saturated heterocycles. The Labute approximate surface area is 143 Å². The molecule has 0 saturated carbocycles. The minimum Gasteiger partial charge on any atom is -0.381 e. The predicted molar refractivity (Wildman–Crippen MR) is 96.4 cm³/mol. The molecule has 0 amide bonds. The molecule has 130 valence electrons. The summed E-state index contributed by atoms with van der Waals surface area (Å²) in [7, 11) is 0. The number of hydrogen-bond acceptors (Lipinski definition) is 4. The van der Waals surface area contributed by atoms with Crippen LogP contribution in [0.2, 0.25) is 0 Å². The minimum atomic E-state index is 0.380.